The molecule has 2 aliphatic rings. The predicted octanol–water partition coefficient (Wildman–Crippen LogP) is 1.43. The lowest BCUT2D eigenvalue weighted by molar-refractivity contribution is 0.484. The van der Waals surface area contributed by atoms with E-state index in [1.807, 2.05) is 6.92 Å². The van der Waals surface area contributed by atoms with Gasteiger partial charge in [-0.25, -0.2) is 4.98 Å². The fraction of sp³-hybridized carbons (Fsp3) is 0.471. The summed E-state index contributed by atoms with van der Waals surface area (Å²) >= 11 is 0. The molecule has 0 radical (unpaired) electrons. The Morgan fingerprint density at radius 3 is 2.72 bits per heavy atom. The van der Waals surface area contributed by atoms with E-state index in [9.17, 15) is 0 Å². The van der Waals surface area contributed by atoms with Crippen LogP contribution in [0.3, 0.4) is 0 Å². The first kappa shape index (κ1) is 14.6. The smallest absolute Gasteiger partial charge is 0.254 e. The molecule has 0 N–H and O–H groups in total. The second-order valence-corrected chi connectivity index (χ2v) is 6.99. The van der Waals surface area contributed by atoms with Gasteiger partial charge in [-0.05, 0) is 31.9 Å². The molecular formula is C17H20N8. The molecule has 1 saturated heterocycles. The quantitative estimate of drug-likeness (QED) is 0.713. The summed E-state index contributed by atoms with van der Waals surface area (Å²) in [4.78, 5) is 13.1. The number of aromatic nitrogens is 6. The third-order valence-corrected chi connectivity index (χ3v) is 5.12. The summed E-state index contributed by atoms with van der Waals surface area (Å²) < 4.78 is 1.79. The number of hydrogen-bond acceptors (Lipinski definition) is 7. The molecule has 0 aromatic carbocycles. The van der Waals surface area contributed by atoms with Crippen molar-refractivity contribution in [2.24, 2.45) is 0 Å². The zero-order valence-electron chi connectivity index (χ0n) is 14.4. The average molecular weight is 336 g/mol. The van der Waals surface area contributed by atoms with Crippen LogP contribution < -0.4 is 9.80 Å². The molecule has 0 atom stereocenters. The summed E-state index contributed by atoms with van der Waals surface area (Å²) in [5.41, 5.74) is 2.08. The van der Waals surface area contributed by atoms with Gasteiger partial charge in [-0.3, -0.25) is 0 Å². The van der Waals surface area contributed by atoms with Crippen molar-refractivity contribution in [3.8, 4) is 0 Å². The van der Waals surface area contributed by atoms with Crippen molar-refractivity contribution in [2.45, 2.75) is 31.7 Å². The van der Waals surface area contributed by atoms with E-state index in [1.54, 1.807) is 10.8 Å². The van der Waals surface area contributed by atoms with E-state index in [4.69, 9.17) is 0 Å². The first-order valence-electron chi connectivity index (χ1n) is 8.68. The van der Waals surface area contributed by atoms with Gasteiger partial charge in [-0.2, -0.15) is 19.7 Å². The van der Waals surface area contributed by atoms with Crippen molar-refractivity contribution < 1.29 is 0 Å². The van der Waals surface area contributed by atoms with Crippen molar-refractivity contribution in [3.05, 3.63) is 35.9 Å². The maximum atomic E-state index is 4.41. The molecule has 2 fully saturated rings. The second-order valence-electron chi connectivity index (χ2n) is 6.99. The summed E-state index contributed by atoms with van der Waals surface area (Å²) in [5, 5.41) is 13.1. The van der Waals surface area contributed by atoms with E-state index in [-0.39, 0.29) is 0 Å². The van der Waals surface area contributed by atoms with E-state index in [2.05, 4.69) is 60.3 Å². The van der Waals surface area contributed by atoms with E-state index in [0.717, 1.165) is 36.1 Å². The number of likely N-dealkylation sites (N-methyl/N-ethyl adjacent to an activating group) is 1. The predicted molar refractivity (Wildman–Crippen MR) is 93.9 cm³/mol. The summed E-state index contributed by atoms with van der Waals surface area (Å²) in [6.07, 6.45) is 4.06. The Morgan fingerprint density at radius 2 is 2.00 bits per heavy atom. The molecular weight excluding hydrogens is 316 g/mol. The molecule has 128 valence electrons. The zero-order valence-corrected chi connectivity index (χ0v) is 14.4. The van der Waals surface area contributed by atoms with Gasteiger partial charge in [-0.1, -0.05) is 0 Å². The number of nitrogens with zero attached hydrogens (tertiary/aromatic N) is 8. The molecule has 8 nitrogen and oxygen atoms in total. The van der Waals surface area contributed by atoms with Crippen LogP contribution in [0.2, 0.25) is 0 Å². The fourth-order valence-corrected chi connectivity index (χ4v) is 3.34. The lowest BCUT2D eigenvalue weighted by atomic mass is 10.1. The van der Waals surface area contributed by atoms with E-state index in [0.29, 0.717) is 17.7 Å². The van der Waals surface area contributed by atoms with E-state index >= 15 is 0 Å². The number of rotatable bonds is 4. The van der Waals surface area contributed by atoms with E-state index < -0.39 is 0 Å². The summed E-state index contributed by atoms with van der Waals surface area (Å²) in [5.74, 6) is 3.27. The zero-order chi connectivity index (χ0) is 17.0. The fourth-order valence-electron chi connectivity index (χ4n) is 3.34. The molecule has 1 aliphatic heterocycles. The Bertz CT molecular complexity index is 908. The largest absolute Gasteiger partial charge is 0.353 e. The molecule has 3 aromatic heterocycles. The SMILES string of the molecule is Cc1cc(N(C)C2CN(c3ccc(C4CC4)nn3)C2)n2ncnc2n1. The summed E-state index contributed by atoms with van der Waals surface area (Å²) in [7, 11) is 2.10. The first-order valence-corrected chi connectivity index (χ1v) is 8.68. The van der Waals surface area contributed by atoms with Crippen LogP contribution in [-0.4, -0.2) is 56.0 Å². The number of fused-ring (bicyclic) bond motifs is 1. The third-order valence-electron chi connectivity index (χ3n) is 5.12. The monoisotopic (exact) mass is 336 g/mol. The van der Waals surface area contributed by atoms with Gasteiger partial charge >= 0.3 is 0 Å². The molecule has 5 rings (SSSR count). The molecule has 1 aliphatic carbocycles. The molecule has 0 spiro atoms. The van der Waals surface area contributed by atoms with Gasteiger partial charge < -0.3 is 9.80 Å². The number of anilines is 2. The van der Waals surface area contributed by atoms with Crippen molar-refractivity contribution >= 4 is 17.4 Å². The van der Waals surface area contributed by atoms with Crippen molar-refractivity contribution in [2.75, 3.05) is 29.9 Å². The van der Waals surface area contributed by atoms with Crippen molar-refractivity contribution in [3.63, 3.8) is 0 Å². The van der Waals surface area contributed by atoms with Crippen molar-refractivity contribution in [1.29, 1.82) is 0 Å². The standard InChI is InChI=1S/C17H20N8/c1-11-7-16(25-17(20-11)18-10-19-25)23(2)13-8-24(9-13)15-6-5-14(21-22-15)12-3-4-12/h5-7,10,12-13H,3-4,8-9H2,1-2H3. The maximum Gasteiger partial charge on any atom is 0.254 e. The Balaban J connectivity index is 1.31. The van der Waals surface area contributed by atoms with Crippen LogP contribution in [-0.2, 0) is 0 Å². The van der Waals surface area contributed by atoms with Crippen LogP contribution in [0.25, 0.3) is 5.78 Å². The highest BCUT2D eigenvalue weighted by Gasteiger charge is 2.33. The van der Waals surface area contributed by atoms with Crippen LogP contribution >= 0.6 is 0 Å². The van der Waals surface area contributed by atoms with Crippen LogP contribution in [0.5, 0.6) is 0 Å². The van der Waals surface area contributed by atoms with Crippen LogP contribution in [0.15, 0.2) is 24.5 Å². The summed E-state index contributed by atoms with van der Waals surface area (Å²) in [6.45, 7) is 3.83. The first-order chi connectivity index (χ1) is 12.2. The minimum Gasteiger partial charge on any atom is -0.353 e. The van der Waals surface area contributed by atoms with Crippen LogP contribution in [0.4, 0.5) is 11.6 Å². The van der Waals surface area contributed by atoms with Gasteiger partial charge in [0.15, 0.2) is 5.82 Å². The van der Waals surface area contributed by atoms with E-state index in [1.165, 1.54) is 12.8 Å². The molecule has 8 heteroatoms. The Hall–Kier alpha value is -2.77. The van der Waals surface area contributed by atoms with Crippen molar-refractivity contribution in [1.82, 2.24) is 29.8 Å². The average Bonchev–Trinajstić information content (AvgIpc) is 3.31. The molecule has 0 bridgehead atoms. The highest BCUT2D eigenvalue weighted by Crippen LogP contribution is 2.39. The summed E-state index contributed by atoms with van der Waals surface area (Å²) in [6, 6.07) is 6.68. The van der Waals surface area contributed by atoms with Gasteiger partial charge in [0.2, 0.25) is 0 Å². The van der Waals surface area contributed by atoms with Gasteiger partial charge in [0, 0.05) is 37.8 Å². The maximum absolute atomic E-state index is 4.41. The lowest BCUT2D eigenvalue weighted by Gasteiger charge is -2.45. The minimum atomic E-state index is 0.402. The topological polar surface area (TPSA) is 75.3 Å². The normalized spacial score (nSPS) is 17.8. The Kier molecular flexibility index (Phi) is 3.13. The van der Waals surface area contributed by atoms with Crippen LogP contribution in [0.1, 0.15) is 30.1 Å². The van der Waals surface area contributed by atoms with Gasteiger partial charge in [0.05, 0.1) is 11.7 Å². The van der Waals surface area contributed by atoms with Gasteiger partial charge in [0.25, 0.3) is 5.78 Å². The Morgan fingerprint density at radius 1 is 1.16 bits per heavy atom. The Labute approximate surface area is 145 Å². The molecule has 0 amide bonds. The van der Waals surface area contributed by atoms with Gasteiger partial charge in [0.1, 0.15) is 12.1 Å². The minimum absolute atomic E-state index is 0.402. The third kappa shape index (κ3) is 2.48. The lowest BCUT2D eigenvalue weighted by Crippen LogP contribution is -2.59. The molecule has 0 unspecified atom stereocenters. The molecule has 4 heterocycles. The highest BCUT2D eigenvalue weighted by molar-refractivity contribution is 5.51. The molecule has 1 saturated carbocycles. The highest BCUT2D eigenvalue weighted by atomic mass is 15.4. The van der Waals surface area contributed by atoms with Gasteiger partial charge in [-0.15, -0.1) is 5.10 Å². The molecule has 3 aromatic rings. The van der Waals surface area contributed by atoms with Crippen LogP contribution in [0, 0.1) is 6.92 Å². The second kappa shape index (κ2) is 5.37. The molecule has 25 heavy (non-hydrogen) atoms. The number of aryl methyl sites for hydroxylation is 1. The number of hydrogen-bond donors (Lipinski definition) is 0.